The van der Waals surface area contributed by atoms with Crippen molar-refractivity contribution in [3.8, 4) is 11.5 Å². The molecule has 0 aliphatic heterocycles. The van der Waals surface area contributed by atoms with Crippen LogP contribution in [0.5, 0.6) is 11.5 Å². The van der Waals surface area contributed by atoms with Gasteiger partial charge in [0.1, 0.15) is 0 Å². The van der Waals surface area contributed by atoms with Crippen molar-refractivity contribution in [3.05, 3.63) is 22.7 Å². The topological polar surface area (TPSA) is 73.9 Å². The fourth-order valence-corrected chi connectivity index (χ4v) is 2.08. The molecule has 6 nitrogen and oxygen atoms in total. The number of rotatable bonds is 9. The molecule has 0 fully saturated rings. The predicted molar refractivity (Wildman–Crippen MR) is 96.5 cm³/mol. The average molecular weight is 372 g/mol. The number of esters is 1. The summed E-state index contributed by atoms with van der Waals surface area (Å²) in [6.45, 7) is 8.62. The first kappa shape index (κ1) is 21.1. The number of carbonyl (C=O) groups is 2. The molecule has 1 amide bonds. The molecule has 1 aromatic rings. The number of benzene rings is 1. The molecule has 7 heteroatoms. The van der Waals surface area contributed by atoms with Crippen molar-refractivity contribution in [3.63, 3.8) is 0 Å². The molecule has 1 rings (SSSR count). The summed E-state index contributed by atoms with van der Waals surface area (Å²) >= 11 is 6.20. The summed E-state index contributed by atoms with van der Waals surface area (Å²) in [4.78, 5) is 23.7. The molecule has 0 saturated heterocycles. The van der Waals surface area contributed by atoms with Gasteiger partial charge in [-0.05, 0) is 24.0 Å². The Labute approximate surface area is 153 Å². The van der Waals surface area contributed by atoms with Crippen molar-refractivity contribution in [2.24, 2.45) is 11.8 Å². The predicted octanol–water partition coefficient (Wildman–Crippen LogP) is 3.31. The Morgan fingerprint density at radius 1 is 1.16 bits per heavy atom. The first-order valence-corrected chi connectivity index (χ1v) is 8.56. The lowest BCUT2D eigenvalue weighted by Gasteiger charge is -2.15. The maximum absolute atomic E-state index is 12.1. The largest absolute Gasteiger partial charge is 0.493 e. The van der Waals surface area contributed by atoms with Gasteiger partial charge >= 0.3 is 5.97 Å². The number of nitrogens with one attached hydrogen (secondary N) is 1. The van der Waals surface area contributed by atoms with Crippen LogP contribution in [-0.4, -0.2) is 38.7 Å². The third kappa shape index (κ3) is 7.22. The van der Waals surface area contributed by atoms with Crippen molar-refractivity contribution in [2.45, 2.75) is 27.7 Å². The van der Waals surface area contributed by atoms with Crippen LogP contribution in [0.1, 0.15) is 38.1 Å². The van der Waals surface area contributed by atoms with Crippen LogP contribution in [0.4, 0.5) is 0 Å². The van der Waals surface area contributed by atoms with Gasteiger partial charge in [-0.1, -0.05) is 39.3 Å². The monoisotopic (exact) mass is 371 g/mol. The number of carbonyl (C=O) groups excluding carboxylic acids is 2. The number of halogens is 1. The Kier molecular flexibility index (Phi) is 8.55. The summed E-state index contributed by atoms with van der Waals surface area (Å²) in [5, 5.41) is 2.92. The van der Waals surface area contributed by atoms with Gasteiger partial charge in [-0.15, -0.1) is 0 Å². The Bertz CT molecular complexity index is 601. The van der Waals surface area contributed by atoms with E-state index in [1.807, 2.05) is 27.7 Å². The molecule has 1 N–H and O–H groups in total. The number of ether oxygens (including phenoxy) is 3. The van der Waals surface area contributed by atoms with Gasteiger partial charge < -0.3 is 19.5 Å². The third-order valence-electron chi connectivity index (χ3n) is 3.07. The lowest BCUT2D eigenvalue weighted by molar-refractivity contribution is -0.124. The van der Waals surface area contributed by atoms with Crippen molar-refractivity contribution >= 4 is 23.5 Å². The molecule has 0 heterocycles. The number of hydrogen-bond acceptors (Lipinski definition) is 5. The Morgan fingerprint density at radius 3 is 2.40 bits per heavy atom. The van der Waals surface area contributed by atoms with E-state index in [2.05, 4.69) is 5.32 Å². The fourth-order valence-electron chi connectivity index (χ4n) is 1.81. The van der Waals surface area contributed by atoms with Gasteiger partial charge in [0, 0.05) is 6.54 Å². The van der Waals surface area contributed by atoms with Gasteiger partial charge in [-0.3, -0.25) is 4.79 Å². The maximum atomic E-state index is 12.1. The minimum Gasteiger partial charge on any atom is -0.493 e. The van der Waals surface area contributed by atoms with E-state index in [0.717, 1.165) is 0 Å². The first-order chi connectivity index (χ1) is 11.7. The first-order valence-electron chi connectivity index (χ1n) is 8.18. The number of amides is 1. The van der Waals surface area contributed by atoms with E-state index in [1.165, 1.54) is 19.2 Å². The van der Waals surface area contributed by atoms with Crippen LogP contribution in [0, 0.1) is 11.8 Å². The Morgan fingerprint density at radius 2 is 1.84 bits per heavy atom. The summed E-state index contributed by atoms with van der Waals surface area (Å²) in [7, 11) is 1.46. The summed E-state index contributed by atoms with van der Waals surface area (Å²) < 4.78 is 15.9. The second kappa shape index (κ2) is 10.1. The van der Waals surface area contributed by atoms with Crippen molar-refractivity contribution < 1.29 is 23.8 Å². The van der Waals surface area contributed by atoms with E-state index in [-0.39, 0.29) is 23.1 Å². The quantitative estimate of drug-likeness (QED) is 0.674. The van der Waals surface area contributed by atoms with Crippen molar-refractivity contribution in [1.29, 1.82) is 0 Å². The summed E-state index contributed by atoms with van der Waals surface area (Å²) in [6.07, 6.45) is 0. The van der Waals surface area contributed by atoms with Crippen LogP contribution >= 0.6 is 11.6 Å². The van der Waals surface area contributed by atoms with E-state index in [9.17, 15) is 9.59 Å². The summed E-state index contributed by atoms with van der Waals surface area (Å²) in [5.41, 5.74) is 0.190. The molecular weight excluding hydrogens is 346 g/mol. The fraction of sp³-hybridized carbons (Fsp3) is 0.556. The average Bonchev–Trinajstić information content (AvgIpc) is 2.55. The SMILES string of the molecule is COc1cc(C(=O)OCC(=O)NCC(C)C)cc(Cl)c1OCC(C)C. The highest BCUT2D eigenvalue weighted by atomic mass is 35.5. The molecular formula is C18H26ClNO5. The summed E-state index contributed by atoms with van der Waals surface area (Å²) in [5.74, 6) is 0.344. The third-order valence-corrected chi connectivity index (χ3v) is 3.35. The lowest BCUT2D eigenvalue weighted by atomic mass is 10.2. The second-order valence-electron chi connectivity index (χ2n) is 6.47. The molecule has 1 aromatic carbocycles. The number of hydrogen-bond donors (Lipinski definition) is 1. The van der Waals surface area contributed by atoms with Gasteiger partial charge in [0.05, 0.1) is 24.3 Å². The van der Waals surface area contributed by atoms with Crippen LogP contribution in [0.15, 0.2) is 12.1 Å². The maximum Gasteiger partial charge on any atom is 0.338 e. The van der Waals surface area contributed by atoms with Gasteiger partial charge in [0.25, 0.3) is 5.91 Å². The standard InChI is InChI=1S/C18H26ClNO5/c1-11(2)8-20-16(21)10-25-18(22)13-6-14(19)17(15(7-13)23-5)24-9-12(3)4/h6-7,11-12H,8-10H2,1-5H3,(H,20,21). The van der Waals surface area contributed by atoms with Crippen LogP contribution in [0.3, 0.4) is 0 Å². The van der Waals surface area contributed by atoms with Crippen LogP contribution in [0.25, 0.3) is 0 Å². The van der Waals surface area contributed by atoms with Crippen LogP contribution < -0.4 is 14.8 Å². The van der Waals surface area contributed by atoms with Crippen LogP contribution in [0.2, 0.25) is 5.02 Å². The molecule has 0 radical (unpaired) electrons. The van der Waals surface area contributed by atoms with Gasteiger partial charge in [-0.25, -0.2) is 4.79 Å². The minimum absolute atomic E-state index is 0.190. The highest BCUT2D eigenvalue weighted by Crippen LogP contribution is 2.36. The normalized spacial score (nSPS) is 10.7. The molecule has 0 aliphatic carbocycles. The van der Waals surface area contributed by atoms with Crippen LogP contribution in [-0.2, 0) is 9.53 Å². The lowest BCUT2D eigenvalue weighted by Crippen LogP contribution is -2.31. The van der Waals surface area contributed by atoms with Gasteiger partial charge in [0.2, 0.25) is 0 Å². The highest BCUT2D eigenvalue weighted by Gasteiger charge is 2.18. The second-order valence-corrected chi connectivity index (χ2v) is 6.88. The zero-order valence-electron chi connectivity index (χ0n) is 15.3. The number of methoxy groups -OCH3 is 1. The smallest absolute Gasteiger partial charge is 0.338 e. The van der Waals surface area contributed by atoms with Crippen molar-refractivity contribution in [2.75, 3.05) is 26.9 Å². The molecule has 25 heavy (non-hydrogen) atoms. The molecule has 0 unspecified atom stereocenters. The van der Waals surface area contributed by atoms with E-state index < -0.39 is 5.97 Å². The Balaban J connectivity index is 2.76. The zero-order chi connectivity index (χ0) is 19.0. The molecule has 0 bridgehead atoms. The van der Waals surface area contributed by atoms with E-state index in [1.54, 1.807) is 0 Å². The van der Waals surface area contributed by atoms with E-state index in [4.69, 9.17) is 25.8 Å². The molecule has 0 atom stereocenters. The van der Waals surface area contributed by atoms with E-state index in [0.29, 0.717) is 36.5 Å². The molecule has 0 aromatic heterocycles. The zero-order valence-corrected chi connectivity index (χ0v) is 16.1. The molecule has 140 valence electrons. The summed E-state index contributed by atoms with van der Waals surface area (Å²) in [6, 6.07) is 2.92. The van der Waals surface area contributed by atoms with Gasteiger partial charge in [-0.2, -0.15) is 0 Å². The van der Waals surface area contributed by atoms with Gasteiger partial charge in [0.15, 0.2) is 18.1 Å². The van der Waals surface area contributed by atoms with Crippen molar-refractivity contribution in [1.82, 2.24) is 5.32 Å². The highest BCUT2D eigenvalue weighted by molar-refractivity contribution is 6.32. The Hall–Kier alpha value is -1.95. The van der Waals surface area contributed by atoms with E-state index >= 15 is 0 Å². The molecule has 0 spiro atoms. The minimum atomic E-state index is -0.657. The molecule has 0 saturated carbocycles. The molecule has 0 aliphatic rings.